The number of sulfonamides is 1. The lowest BCUT2D eigenvalue weighted by molar-refractivity contribution is -0.132. The van der Waals surface area contributed by atoms with E-state index in [1.165, 1.54) is 16.4 Å². The summed E-state index contributed by atoms with van der Waals surface area (Å²) in [5.41, 5.74) is 3.71. The lowest BCUT2D eigenvalue weighted by atomic mass is 9.87. The molecule has 43 heavy (non-hydrogen) atoms. The molecule has 4 aromatic rings. The van der Waals surface area contributed by atoms with Crippen molar-refractivity contribution in [1.82, 2.24) is 13.8 Å². The summed E-state index contributed by atoms with van der Waals surface area (Å²) in [7, 11) is -3.92. The average Bonchev–Trinajstić information content (AvgIpc) is 3.39. The van der Waals surface area contributed by atoms with Crippen molar-refractivity contribution in [3.05, 3.63) is 125 Å². The van der Waals surface area contributed by atoms with Gasteiger partial charge in [-0.3, -0.25) is 4.79 Å². The molecule has 0 saturated carbocycles. The van der Waals surface area contributed by atoms with Crippen LogP contribution in [0.15, 0.2) is 102 Å². The minimum Gasteiger partial charge on any atom is -0.345 e. The molecule has 0 atom stereocenters. The largest absolute Gasteiger partial charge is 0.345 e. The molecule has 0 aliphatic carbocycles. The molecular weight excluding hydrogens is 561 g/mol. The lowest BCUT2D eigenvalue weighted by Gasteiger charge is -2.29. The molecule has 0 saturated heterocycles. The number of halogens is 1. The van der Waals surface area contributed by atoms with E-state index in [9.17, 15) is 17.6 Å². The molecule has 1 heterocycles. The smallest absolute Gasteiger partial charge is 0.243 e. The highest BCUT2D eigenvalue weighted by atomic mass is 32.2. The third-order valence-corrected chi connectivity index (χ3v) is 9.18. The molecule has 0 unspecified atom stereocenters. The Balaban J connectivity index is 1.61. The van der Waals surface area contributed by atoms with Gasteiger partial charge in [0.1, 0.15) is 5.82 Å². The fraction of sp³-hybridized carbons (Fsp3) is 0.343. The van der Waals surface area contributed by atoms with Gasteiger partial charge >= 0.3 is 0 Å². The summed E-state index contributed by atoms with van der Waals surface area (Å²) in [5.74, 6) is -0.553. The van der Waals surface area contributed by atoms with Crippen LogP contribution in [0.25, 0.3) is 0 Å². The van der Waals surface area contributed by atoms with Gasteiger partial charge in [-0.05, 0) is 64.4 Å². The van der Waals surface area contributed by atoms with Crippen LogP contribution in [0.2, 0.25) is 0 Å². The number of hydrogen-bond acceptors (Lipinski definition) is 3. The quantitative estimate of drug-likeness (QED) is 0.178. The second-order valence-corrected chi connectivity index (χ2v) is 14.4. The summed E-state index contributed by atoms with van der Waals surface area (Å²) >= 11 is 0. The van der Waals surface area contributed by atoms with E-state index in [1.54, 1.807) is 29.2 Å². The second kappa shape index (κ2) is 13.7. The number of hydrogen-bond donors (Lipinski definition) is 0. The number of carbonyl (C=O) groups excluding carboxylic acids is 1. The first kappa shape index (κ1) is 32.2. The van der Waals surface area contributed by atoms with Crippen molar-refractivity contribution in [2.24, 2.45) is 5.92 Å². The topological polar surface area (TPSA) is 62.6 Å². The Bertz CT molecular complexity index is 1590. The molecule has 1 aromatic heterocycles. The predicted molar refractivity (Wildman–Crippen MR) is 169 cm³/mol. The van der Waals surface area contributed by atoms with Crippen molar-refractivity contribution in [3.8, 4) is 0 Å². The molecule has 0 N–H and O–H groups in total. The number of benzene rings is 3. The van der Waals surface area contributed by atoms with Gasteiger partial charge in [0.15, 0.2) is 0 Å². The molecule has 6 nitrogen and oxygen atoms in total. The third-order valence-electron chi connectivity index (χ3n) is 7.35. The molecule has 4 rings (SSSR count). The first-order chi connectivity index (χ1) is 20.3. The fourth-order valence-electron chi connectivity index (χ4n) is 4.95. The molecule has 0 radical (unpaired) electrons. The summed E-state index contributed by atoms with van der Waals surface area (Å²) in [6, 6.07) is 26.9. The lowest BCUT2D eigenvalue weighted by Crippen LogP contribution is -2.44. The van der Waals surface area contributed by atoms with Crippen LogP contribution >= 0.6 is 0 Å². The van der Waals surface area contributed by atoms with Crippen molar-refractivity contribution in [2.75, 3.05) is 13.1 Å². The second-order valence-electron chi connectivity index (χ2n) is 12.5. The number of rotatable bonds is 12. The van der Waals surface area contributed by atoms with Crippen molar-refractivity contribution in [1.29, 1.82) is 0 Å². The van der Waals surface area contributed by atoms with Gasteiger partial charge in [0.2, 0.25) is 15.9 Å². The maximum Gasteiger partial charge on any atom is 0.243 e. The van der Waals surface area contributed by atoms with E-state index < -0.39 is 10.0 Å². The highest BCUT2D eigenvalue weighted by Crippen LogP contribution is 2.25. The van der Waals surface area contributed by atoms with Gasteiger partial charge in [0.25, 0.3) is 0 Å². The molecule has 0 fully saturated rings. The van der Waals surface area contributed by atoms with E-state index in [1.807, 2.05) is 79.2 Å². The summed E-state index contributed by atoms with van der Waals surface area (Å²) in [4.78, 5) is 15.9. The van der Waals surface area contributed by atoms with Gasteiger partial charge in [-0.25, -0.2) is 12.8 Å². The molecule has 1 amide bonds. The van der Waals surface area contributed by atoms with E-state index in [0.717, 1.165) is 22.4 Å². The van der Waals surface area contributed by atoms with Crippen LogP contribution in [0.4, 0.5) is 4.39 Å². The van der Waals surface area contributed by atoms with Gasteiger partial charge in [0, 0.05) is 31.5 Å². The van der Waals surface area contributed by atoms with Crippen LogP contribution in [0.3, 0.4) is 0 Å². The number of aromatic nitrogens is 1. The average molecular weight is 604 g/mol. The van der Waals surface area contributed by atoms with E-state index >= 15 is 0 Å². The standard InChI is InChI=1S/C35H42FN3O3S/c1-27(2)22-39(43(41,42)33-19-15-30(16-20-33)35(3,4)5)26-34(40)38(24-28-10-7-6-8-11-28)25-32-12-9-21-37(32)23-29-13-17-31(36)18-14-29/h6-21,27H,22-26H2,1-5H3. The van der Waals surface area contributed by atoms with Crippen LogP contribution in [-0.2, 0) is 39.9 Å². The van der Waals surface area contributed by atoms with Crippen LogP contribution in [0.5, 0.6) is 0 Å². The number of carbonyl (C=O) groups is 1. The molecule has 3 aromatic carbocycles. The Morgan fingerprint density at radius 3 is 2.09 bits per heavy atom. The van der Waals surface area contributed by atoms with Crippen molar-refractivity contribution in [2.45, 2.75) is 64.6 Å². The summed E-state index contributed by atoms with van der Waals surface area (Å²) < 4.78 is 44.5. The van der Waals surface area contributed by atoms with Crippen LogP contribution in [0, 0.1) is 11.7 Å². The van der Waals surface area contributed by atoms with E-state index in [2.05, 4.69) is 20.8 Å². The predicted octanol–water partition coefficient (Wildman–Crippen LogP) is 6.85. The molecule has 0 aliphatic heterocycles. The maximum atomic E-state index is 14.0. The first-order valence-electron chi connectivity index (χ1n) is 14.6. The van der Waals surface area contributed by atoms with Crippen LogP contribution < -0.4 is 0 Å². The van der Waals surface area contributed by atoms with E-state index in [0.29, 0.717) is 13.1 Å². The van der Waals surface area contributed by atoms with Crippen molar-refractivity contribution in [3.63, 3.8) is 0 Å². The van der Waals surface area contributed by atoms with Gasteiger partial charge in [-0.15, -0.1) is 0 Å². The Kier molecular flexibility index (Phi) is 10.2. The normalized spacial score (nSPS) is 12.2. The maximum absolute atomic E-state index is 14.0. The Morgan fingerprint density at radius 1 is 0.837 bits per heavy atom. The highest BCUT2D eigenvalue weighted by molar-refractivity contribution is 7.89. The Labute approximate surface area is 255 Å². The molecular formula is C35H42FN3O3S. The molecule has 228 valence electrons. The summed E-state index contributed by atoms with van der Waals surface area (Å²) in [5, 5.41) is 0. The monoisotopic (exact) mass is 603 g/mol. The van der Waals surface area contributed by atoms with Crippen LogP contribution in [0.1, 0.15) is 57.0 Å². The minimum atomic E-state index is -3.92. The summed E-state index contributed by atoms with van der Waals surface area (Å²) in [6.07, 6.45) is 1.93. The Hall–Kier alpha value is -3.75. The van der Waals surface area contributed by atoms with Gasteiger partial charge < -0.3 is 9.47 Å². The van der Waals surface area contributed by atoms with Gasteiger partial charge in [0.05, 0.1) is 18.0 Å². The molecule has 0 bridgehead atoms. The minimum absolute atomic E-state index is 0.0203. The van der Waals surface area contributed by atoms with Crippen molar-refractivity contribution < 1.29 is 17.6 Å². The third kappa shape index (κ3) is 8.65. The van der Waals surface area contributed by atoms with E-state index in [4.69, 9.17) is 0 Å². The molecule has 0 spiro atoms. The highest BCUT2D eigenvalue weighted by Gasteiger charge is 2.30. The zero-order valence-corrected chi connectivity index (χ0v) is 26.5. The zero-order valence-electron chi connectivity index (χ0n) is 25.7. The molecule has 0 aliphatic rings. The van der Waals surface area contributed by atoms with Crippen LogP contribution in [-0.4, -0.2) is 41.2 Å². The zero-order chi connectivity index (χ0) is 31.2. The first-order valence-corrected chi connectivity index (χ1v) is 16.1. The summed E-state index contributed by atoms with van der Waals surface area (Å²) in [6.45, 7) is 11.2. The Morgan fingerprint density at radius 2 is 1.49 bits per heavy atom. The molecule has 8 heteroatoms. The van der Waals surface area contributed by atoms with Gasteiger partial charge in [-0.1, -0.05) is 89.2 Å². The number of nitrogens with zero attached hydrogens (tertiary/aromatic N) is 3. The van der Waals surface area contributed by atoms with Crippen molar-refractivity contribution >= 4 is 15.9 Å². The SMILES string of the molecule is CC(C)CN(CC(=O)N(Cc1ccccc1)Cc1cccn1Cc1ccc(F)cc1)S(=O)(=O)c1ccc(C(C)(C)C)cc1. The fourth-order valence-corrected chi connectivity index (χ4v) is 6.50. The van der Waals surface area contributed by atoms with E-state index in [-0.39, 0.29) is 47.6 Å². The number of amides is 1. The van der Waals surface area contributed by atoms with Gasteiger partial charge in [-0.2, -0.15) is 4.31 Å².